The van der Waals surface area contributed by atoms with Crippen LogP contribution in [-0.2, 0) is 4.79 Å². The van der Waals surface area contributed by atoms with Gasteiger partial charge in [-0.05, 0) is 42.5 Å². The number of benzene rings is 2. The van der Waals surface area contributed by atoms with Gasteiger partial charge in [0, 0.05) is 30.3 Å². The Labute approximate surface area is 195 Å². The van der Waals surface area contributed by atoms with Crippen LogP contribution in [0.3, 0.4) is 0 Å². The number of nitrogens with one attached hydrogen (secondary N) is 3. The summed E-state index contributed by atoms with van der Waals surface area (Å²) in [4.78, 5) is 38.5. The van der Waals surface area contributed by atoms with Crippen LogP contribution in [0.25, 0.3) is 21.5 Å². The summed E-state index contributed by atoms with van der Waals surface area (Å²) in [6.07, 6.45) is 0. The number of fused-ring (bicyclic) bond motifs is 1. The molecular formula is C21H15N5O5S2. The van der Waals surface area contributed by atoms with E-state index in [0.29, 0.717) is 27.7 Å². The molecular weight excluding hydrogens is 466 g/mol. The smallest absolute Gasteiger partial charge is 0.293 e. The third kappa shape index (κ3) is 5.19. The highest BCUT2D eigenvalue weighted by molar-refractivity contribution is 7.80. The zero-order valence-corrected chi connectivity index (χ0v) is 18.6. The predicted molar refractivity (Wildman–Crippen MR) is 128 cm³/mol. The lowest BCUT2D eigenvalue weighted by atomic mass is 10.1. The topological polar surface area (TPSA) is 139 Å². The Bertz CT molecular complexity index is 1410. The van der Waals surface area contributed by atoms with E-state index >= 15 is 0 Å². The summed E-state index contributed by atoms with van der Waals surface area (Å²) in [7, 11) is 0. The van der Waals surface area contributed by atoms with Crippen LogP contribution in [0.2, 0.25) is 0 Å². The Morgan fingerprint density at radius 1 is 1.12 bits per heavy atom. The number of furan rings is 1. The molecule has 33 heavy (non-hydrogen) atoms. The molecule has 2 heterocycles. The first kappa shape index (κ1) is 22.0. The van der Waals surface area contributed by atoms with Gasteiger partial charge in [-0.25, -0.2) is 4.98 Å². The van der Waals surface area contributed by atoms with Crippen LogP contribution >= 0.6 is 23.6 Å². The Morgan fingerprint density at radius 3 is 2.70 bits per heavy atom. The summed E-state index contributed by atoms with van der Waals surface area (Å²) in [6, 6.07) is 14.2. The summed E-state index contributed by atoms with van der Waals surface area (Å²) in [6.45, 7) is 1.43. The highest BCUT2D eigenvalue weighted by atomic mass is 32.1. The van der Waals surface area contributed by atoms with Crippen molar-refractivity contribution in [1.82, 2.24) is 10.3 Å². The summed E-state index contributed by atoms with van der Waals surface area (Å²) in [5.41, 5.74) is 1.74. The Hall–Kier alpha value is -4.16. The van der Waals surface area contributed by atoms with Gasteiger partial charge < -0.3 is 15.1 Å². The number of thiazole rings is 1. The number of nitro benzene ring substituents is 1. The second-order valence-electron chi connectivity index (χ2n) is 6.76. The first-order valence-electron chi connectivity index (χ1n) is 9.43. The van der Waals surface area contributed by atoms with E-state index in [-0.39, 0.29) is 22.5 Å². The number of hydrogen-bond acceptors (Lipinski definition) is 8. The monoisotopic (exact) mass is 481 g/mol. The van der Waals surface area contributed by atoms with Gasteiger partial charge in [0.15, 0.2) is 16.0 Å². The van der Waals surface area contributed by atoms with Gasteiger partial charge in [0.1, 0.15) is 5.76 Å². The van der Waals surface area contributed by atoms with E-state index in [0.717, 1.165) is 4.70 Å². The van der Waals surface area contributed by atoms with Gasteiger partial charge in [0.05, 0.1) is 15.1 Å². The minimum Gasteiger partial charge on any atom is -0.451 e. The molecule has 0 aliphatic heterocycles. The number of nitrogens with zero attached hydrogens (tertiary/aromatic N) is 2. The molecule has 0 aliphatic rings. The van der Waals surface area contributed by atoms with Crippen LogP contribution in [0.5, 0.6) is 0 Å². The van der Waals surface area contributed by atoms with Gasteiger partial charge in [-0.2, -0.15) is 0 Å². The number of thiocarbonyl (C=S) groups is 1. The molecule has 12 heteroatoms. The average Bonchev–Trinajstić information content (AvgIpc) is 3.40. The second kappa shape index (κ2) is 9.14. The number of hydrogen-bond donors (Lipinski definition) is 3. The zero-order chi connectivity index (χ0) is 23.5. The van der Waals surface area contributed by atoms with Crippen molar-refractivity contribution in [2.75, 3.05) is 10.6 Å². The fraction of sp³-hybridized carbons (Fsp3) is 0.0476. The quantitative estimate of drug-likeness (QED) is 0.214. The highest BCUT2D eigenvalue weighted by Crippen LogP contribution is 2.29. The maximum Gasteiger partial charge on any atom is 0.293 e. The number of amides is 2. The molecule has 166 valence electrons. The molecule has 0 saturated heterocycles. The number of non-ortho nitro benzene ring substituents is 1. The molecule has 2 amide bonds. The van der Waals surface area contributed by atoms with Crippen molar-refractivity contribution in [2.45, 2.75) is 6.92 Å². The zero-order valence-electron chi connectivity index (χ0n) is 16.9. The molecule has 0 atom stereocenters. The van der Waals surface area contributed by atoms with Gasteiger partial charge in [0.25, 0.3) is 11.6 Å². The SMILES string of the molecule is CC(=O)Nc1ccc2nc(NC(=S)NC(=O)c3ccc(-c4cccc([N+](=O)[O-])c4)o3)sc2c1. The lowest BCUT2D eigenvalue weighted by molar-refractivity contribution is -0.384. The fourth-order valence-electron chi connectivity index (χ4n) is 2.94. The number of carbonyl (C=O) groups is 2. The third-order valence-electron chi connectivity index (χ3n) is 4.33. The Balaban J connectivity index is 1.42. The summed E-state index contributed by atoms with van der Waals surface area (Å²) >= 11 is 6.50. The van der Waals surface area contributed by atoms with E-state index in [1.807, 2.05) is 0 Å². The minimum atomic E-state index is -0.585. The van der Waals surface area contributed by atoms with Crippen LogP contribution in [0.1, 0.15) is 17.5 Å². The fourth-order valence-corrected chi connectivity index (χ4v) is 4.10. The second-order valence-corrected chi connectivity index (χ2v) is 8.20. The van der Waals surface area contributed by atoms with Gasteiger partial charge >= 0.3 is 0 Å². The molecule has 4 rings (SSSR count). The maximum atomic E-state index is 12.5. The molecule has 10 nitrogen and oxygen atoms in total. The molecule has 0 fully saturated rings. The first-order chi connectivity index (χ1) is 15.8. The van der Waals surface area contributed by atoms with Crippen molar-refractivity contribution < 1.29 is 18.9 Å². The van der Waals surface area contributed by atoms with Crippen molar-refractivity contribution >= 4 is 67.2 Å². The van der Waals surface area contributed by atoms with Crippen molar-refractivity contribution in [2.24, 2.45) is 0 Å². The number of carbonyl (C=O) groups excluding carboxylic acids is 2. The molecule has 2 aromatic heterocycles. The summed E-state index contributed by atoms with van der Waals surface area (Å²) in [5.74, 6) is -0.459. The molecule has 4 aromatic rings. The van der Waals surface area contributed by atoms with Gasteiger partial charge in [-0.1, -0.05) is 23.5 Å². The Morgan fingerprint density at radius 2 is 1.94 bits per heavy atom. The minimum absolute atomic E-state index is 0.00935. The van der Waals surface area contributed by atoms with Crippen LogP contribution in [0.4, 0.5) is 16.5 Å². The van der Waals surface area contributed by atoms with Crippen molar-refractivity contribution in [1.29, 1.82) is 0 Å². The normalized spacial score (nSPS) is 10.6. The molecule has 0 saturated carbocycles. The van der Waals surface area contributed by atoms with Gasteiger partial charge in [-0.15, -0.1) is 0 Å². The molecule has 0 aliphatic carbocycles. The number of aromatic nitrogens is 1. The van der Waals surface area contributed by atoms with Crippen molar-refractivity contribution in [3.05, 3.63) is 70.5 Å². The molecule has 0 unspecified atom stereocenters. The standard InChI is InChI=1S/C21H15N5O5S2/c1-11(27)22-13-5-6-15-18(10-13)33-21(23-15)25-20(32)24-19(28)17-8-7-16(31-17)12-3-2-4-14(9-12)26(29)30/h2-10H,1H3,(H,22,27)(H2,23,24,25,28,32). The maximum absolute atomic E-state index is 12.5. The molecule has 3 N–H and O–H groups in total. The lowest BCUT2D eigenvalue weighted by Gasteiger charge is -2.05. The highest BCUT2D eigenvalue weighted by Gasteiger charge is 2.16. The van der Waals surface area contributed by atoms with Crippen LogP contribution in [-0.4, -0.2) is 26.8 Å². The average molecular weight is 482 g/mol. The van der Waals surface area contributed by atoms with E-state index in [9.17, 15) is 19.7 Å². The lowest BCUT2D eigenvalue weighted by Crippen LogP contribution is -2.33. The number of anilines is 2. The van der Waals surface area contributed by atoms with E-state index in [1.54, 1.807) is 30.3 Å². The Kier molecular flexibility index (Phi) is 6.11. The van der Waals surface area contributed by atoms with Crippen LogP contribution < -0.4 is 16.0 Å². The van der Waals surface area contributed by atoms with Gasteiger partial charge in [0.2, 0.25) is 5.91 Å². The molecule has 0 spiro atoms. The third-order valence-corrected chi connectivity index (χ3v) is 5.47. The first-order valence-corrected chi connectivity index (χ1v) is 10.7. The summed E-state index contributed by atoms with van der Waals surface area (Å²) < 4.78 is 6.37. The van der Waals surface area contributed by atoms with E-state index in [1.165, 1.54) is 42.5 Å². The number of rotatable bonds is 5. The van der Waals surface area contributed by atoms with Crippen molar-refractivity contribution in [3.8, 4) is 11.3 Å². The summed E-state index contributed by atoms with van der Waals surface area (Å²) in [5, 5.41) is 19.5. The van der Waals surface area contributed by atoms with E-state index in [4.69, 9.17) is 16.6 Å². The molecule has 0 bridgehead atoms. The van der Waals surface area contributed by atoms with E-state index < -0.39 is 10.8 Å². The van der Waals surface area contributed by atoms with E-state index in [2.05, 4.69) is 20.9 Å². The van der Waals surface area contributed by atoms with Crippen LogP contribution in [0, 0.1) is 10.1 Å². The van der Waals surface area contributed by atoms with Gasteiger partial charge in [-0.3, -0.25) is 25.0 Å². The number of nitro groups is 1. The predicted octanol–water partition coefficient (Wildman–Crippen LogP) is 4.55. The van der Waals surface area contributed by atoms with Crippen LogP contribution in [0.15, 0.2) is 59.0 Å². The molecule has 0 radical (unpaired) electrons. The largest absolute Gasteiger partial charge is 0.451 e. The molecule has 2 aromatic carbocycles. The van der Waals surface area contributed by atoms with Crippen molar-refractivity contribution in [3.63, 3.8) is 0 Å².